The van der Waals surface area contributed by atoms with Crippen molar-refractivity contribution in [3.8, 4) is 0 Å². The van der Waals surface area contributed by atoms with Crippen LogP contribution >= 0.6 is 11.6 Å². The van der Waals surface area contributed by atoms with Crippen molar-refractivity contribution >= 4 is 34.0 Å². The van der Waals surface area contributed by atoms with Gasteiger partial charge in [-0.2, -0.15) is 0 Å². The highest BCUT2D eigenvalue weighted by Gasteiger charge is 2.27. The predicted molar refractivity (Wildman–Crippen MR) is 86.8 cm³/mol. The molecule has 2 N–H and O–H groups in total. The average Bonchev–Trinajstić information content (AvgIpc) is 2.74. The second-order valence-electron chi connectivity index (χ2n) is 5.36. The van der Waals surface area contributed by atoms with Gasteiger partial charge in [-0.3, -0.25) is 9.00 Å². The molecule has 1 amide bonds. The summed E-state index contributed by atoms with van der Waals surface area (Å²) in [5.74, 6) is -0.0513. The van der Waals surface area contributed by atoms with Gasteiger partial charge in [-0.15, -0.1) is 0 Å². The monoisotopic (exact) mass is 328 g/mol. The van der Waals surface area contributed by atoms with E-state index < -0.39 is 16.0 Å². The number of amides is 1. The zero-order chi connectivity index (χ0) is 15.4. The molecule has 2 unspecified atom stereocenters. The zero-order valence-electron chi connectivity index (χ0n) is 12.2. The number of carbonyl (C=O) groups excluding carboxylic acids is 1. The third kappa shape index (κ3) is 3.98. The van der Waals surface area contributed by atoms with E-state index in [4.69, 9.17) is 17.3 Å². The van der Waals surface area contributed by atoms with Crippen LogP contribution in [0, 0.1) is 0 Å². The van der Waals surface area contributed by atoms with E-state index in [1.54, 1.807) is 25.1 Å². The van der Waals surface area contributed by atoms with Crippen LogP contribution in [0.2, 0.25) is 5.02 Å². The Hall–Kier alpha value is -1.07. The predicted octanol–water partition coefficient (Wildman–Crippen LogP) is 2.82. The lowest BCUT2D eigenvalue weighted by atomic mass is 10.2. The molecule has 2 rings (SSSR count). The van der Waals surface area contributed by atoms with Gasteiger partial charge in [0.1, 0.15) is 5.25 Å². The number of benzene rings is 1. The van der Waals surface area contributed by atoms with E-state index in [1.165, 1.54) is 0 Å². The molecule has 1 fully saturated rings. The van der Waals surface area contributed by atoms with Gasteiger partial charge in [0.05, 0.1) is 15.7 Å². The first kappa shape index (κ1) is 16.3. The van der Waals surface area contributed by atoms with E-state index in [0.29, 0.717) is 15.6 Å². The molecule has 1 saturated heterocycles. The lowest BCUT2D eigenvalue weighted by molar-refractivity contribution is -0.130. The van der Waals surface area contributed by atoms with E-state index in [-0.39, 0.29) is 5.91 Å². The molecule has 1 aromatic carbocycles. The summed E-state index contributed by atoms with van der Waals surface area (Å²) in [6, 6.07) is 4.85. The summed E-state index contributed by atoms with van der Waals surface area (Å²) in [7, 11) is -1.46. The summed E-state index contributed by atoms with van der Waals surface area (Å²) < 4.78 is 12.6. The number of nitrogens with zero attached hydrogens (tertiary/aromatic N) is 1. The average molecular weight is 329 g/mol. The molecule has 2 atom stereocenters. The summed E-state index contributed by atoms with van der Waals surface area (Å²) in [4.78, 5) is 14.8. The molecule has 0 aliphatic carbocycles. The van der Waals surface area contributed by atoms with Crippen molar-refractivity contribution < 1.29 is 9.00 Å². The summed E-state index contributed by atoms with van der Waals surface area (Å²) in [6.45, 7) is 3.23. The van der Waals surface area contributed by atoms with Crippen molar-refractivity contribution in [2.24, 2.45) is 0 Å². The van der Waals surface area contributed by atoms with Gasteiger partial charge in [0.15, 0.2) is 0 Å². The van der Waals surface area contributed by atoms with Gasteiger partial charge in [-0.1, -0.05) is 24.4 Å². The van der Waals surface area contributed by atoms with Crippen LogP contribution in [0.1, 0.15) is 32.6 Å². The number of likely N-dealkylation sites (tertiary alicyclic amines) is 1. The van der Waals surface area contributed by atoms with Gasteiger partial charge in [0, 0.05) is 23.8 Å². The normalized spacial score (nSPS) is 18.9. The molecule has 116 valence electrons. The third-order valence-corrected chi connectivity index (χ3v) is 5.66. The maximum Gasteiger partial charge on any atom is 0.238 e. The SMILES string of the molecule is CC(C(=O)N1CCCCCC1)S(=O)c1ccc(Cl)cc1N. The first-order valence-electron chi connectivity index (χ1n) is 7.25. The number of nitrogens with two attached hydrogens (primary N) is 1. The fraction of sp³-hybridized carbons (Fsp3) is 0.533. The van der Waals surface area contributed by atoms with Crippen LogP contribution in [0.25, 0.3) is 0 Å². The Morgan fingerprint density at radius 2 is 1.90 bits per heavy atom. The molecule has 1 heterocycles. The molecule has 0 radical (unpaired) electrons. The van der Waals surface area contributed by atoms with E-state index >= 15 is 0 Å². The first-order chi connectivity index (χ1) is 10.0. The van der Waals surface area contributed by atoms with Gasteiger partial charge in [-0.05, 0) is 38.0 Å². The minimum atomic E-state index is -1.46. The minimum Gasteiger partial charge on any atom is -0.398 e. The van der Waals surface area contributed by atoms with Crippen molar-refractivity contribution in [1.82, 2.24) is 4.90 Å². The summed E-state index contributed by atoms with van der Waals surface area (Å²) >= 11 is 5.85. The van der Waals surface area contributed by atoms with Gasteiger partial charge in [-0.25, -0.2) is 0 Å². The van der Waals surface area contributed by atoms with E-state index in [1.807, 2.05) is 4.90 Å². The molecule has 21 heavy (non-hydrogen) atoms. The molecule has 4 nitrogen and oxygen atoms in total. The van der Waals surface area contributed by atoms with Gasteiger partial charge < -0.3 is 10.6 Å². The molecular weight excluding hydrogens is 308 g/mol. The fourth-order valence-electron chi connectivity index (χ4n) is 2.53. The lowest BCUT2D eigenvalue weighted by Gasteiger charge is -2.24. The van der Waals surface area contributed by atoms with E-state index in [9.17, 15) is 9.00 Å². The van der Waals surface area contributed by atoms with E-state index in [0.717, 1.165) is 38.8 Å². The number of nitrogen functional groups attached to an aromatic ring is 1. The van der Waals surface area contributed by atoms with Crippen LogP contribution in [0.5, 0.6) is 0 Å². The first-order valence-corrected chi connectivity index (χ1v) is 8.84. The third-order valence-electron chi connectivity index (χ3n) is 3.78. The van der Waals surface area contributed by atoms with Gasteiger partial charge >= 0.3 is 0 Å². The number of anilines is 1. The standard InChI is InChI=1S/C15H21ClN2O2S/c1-11(15(19)18-8-4-2-3-5-9-18)21(20)14-7-6-12(16)10-13(14)17/h6-7,10-11H,2-5,8-9,17H2,1H3. The molecule has 1 aromatic rings. The quantitative estimate of drug-likeness (QED) is 0.868. The summed E-state index contributed by atoms with van der Waals surface area (Å²) in [5, 5.41) is -0.0914. The van der Waals surface area contributed by atoms with Crippen molar-refractivity contribution in [3.63, 3.8) is 0 Å². The topological polar surface area (TPSA) is 63.4 Å². The van der Waals surface area contributed by atoms with Crippen LogP contribution < -0.4 is 5.73 Å². The van der Waals surface area contributed by atoms with Crippen molar-refractivity contribution in [3.05, 3.63) is 23.2 Å². The van der Waals surface area contributed by atoms with Crippen LogP contribution in [-0.4, -0.2) is 33.4 Å². The van der Waals surface area contributed by atoms with Crippen molar-refractivity contribution in [2.45, 2.75) is 42.8 Å². The summed E-state index contributed by atoms with van der Waals surface area (Å²) in [5.41, 5.74) is 6.23. The lowest BCUT2D eigenvalue weighted by Crippen LogP contribution is -2.40. The van der Waals surface area contributed by atoms with Gasteiger partial charge in [0.2, 0.25) is 5.91 Å². The molecule has 6 heteroatoms. The number of hydrogen-bond acceptors (Lipinski definition) is 3. The zero-order valence-corrected chi connectivity index (χ0v) is 13.8. The van der Waals surface area contributed by atoms with Crippen LogP contribution in [-0.2, 0) is 15.6 Å². The Morgan fingerprint density at radius 1 is 1.29 bits per heavy atom. The molecule has 0 aromatic heterocycles. The highest BCUT2D eigenvalue weighted by molar-refractivity contribution is 7.86. The Morgan fingerprint density at radius 3 is 2.48 bits per heavy atom. The number of rotatable bonds is 3. The number of hydrogen-bond donors (Lipinski definition) is 1. The second kappa shape index (κ2) is 7.27. The fourth-order valence-corrected chi connectivity index (χ4v) is 3.92. The molecule has 0 saturated carbocycles. The molecule has 0 spiro atoms. The number of halogens is 1. The Kier molecular flexibility index (Phi) is 5.65. The van der Waals surface area contributed by atoms with Crippen LogP contribution in [0.3, 0.4) is 0 Å². The van der Waals surface area contributed by atoms with Gasteiger partial charge in [0.25, 0.3) is 0 Å². The second-order valence-corrected chi connectivity index (χ2v) is 7.54. The highest BCUT2D eigenvalue weighted by Crippen LogP contribution is 2.24. The molecular formula is C15H21ClN2O2S. The number of carbonyl (C=O) groups is 1. The Bertz CT molecular complexity index is 542. The maximum absolute atomic E-state index is 12.6. The highest BCUT2D eigenvalue weighted by atomic mass is 35.5. The van der Waals surface area contributed by atoms with Crippen molar-refractivity contribution in [1.29, 1.82) is 0 Å². The smallest absolute Gasteiger partial charge is 0.238 e. The van der Waals surface area contributed by atoms with E-state index in [2.05, 4.69) is 0 Å². The maximum atomic E-state index is 12.6. The largest absolute Gasteiger partial charge is 0.398 e. The minimum absolute atomic E-state index is 0.0513. The van der Waals surface area contributed by atoms with Crippen molar-refractivity contribution in [2.75, 3.05) is 18.8 Å². The molecule has 0 bridgehead atoms. The van der Waals surface area contributed by atoms with Crippen LogP contribution in [0.15, 0.2) is 23.1 Å². The Labute approximate surface area is 133 Å². The summed E-state index contributed by atoms with van der Waals surface area (Å²) in [6.07, 6.45) is 4.36. The Balaban J connectivity index is 2.12. The molecule has 1 aliphatic heterocycles. The van der Waals surface area contributed by atoms with Crippen LogP contribution in [0.4, 0.5) is 5.69 Å². The molecule has 1 aliphatic rings.